The maximum atomic E-state index is 12.9. The highest BCUT2D eigenvalue weighted by Crippen LogP contribution is 2.20. The summed E-state index contributed by atoms with van der Waals surface area (Å²) in [7, 11) is 0. The highest BCUT2D eigenvalue weighted by Gasteiger charge is 2.26. The van der Waals surface area contributed by atoms with Gasteiger partial charge in [-0.2, -0.15) is 5.26 Å². The summed E-state index contributed by atoms with van der Waals surface area (Å²) in [6.45, 7) is 5.77. The Morgan fingerprint density at radius 1 is 1.38 bits per heavy atom. The number of nitrogens with zero attached hydrogens (tertiary/aromatic N) is 2. The van der Waals surface area contributed by atoms with Crippen molar-refractivity contribution in [1.29, 1.82) is 5.26 Å². The van der Waals surface area contributed by atoms with E-state index >= 15 is 0 Å². The quantitative estimate of drug-likeness (QED) is 0.649. The molecular formula is C20H26ClN3O2. The van der Waals surface area contributed by atoms with Crippen molar-refractivity contribution in [1.82, 2.24) is 10.2 Å². The average molecular weight is 376 g/mol. The van der Waals surface area contributed by atoms with Crippen molar-refractivity contribution in [3.8, 4) is 6.07 Å². The van der Waals surface area contributed by atoms with E-state index in [-0.39, 0.29) is 29.9 Å². The summed E-state index contributed by atoms with van der Waals surface area (Å²) in [6.07, 6.45) is 4.42. The molecule has 0 radical (unpaired) electrons. The van der Waals surface area contributed by atoms with Gasteiger partial charge >= 0.3 is 0 Å². The standard InChI is InChI=1S/C20H25N3O2.ClH/c1-2-23(19-6-9-25-10-7-19)20(24)17(13-21)11-15-3-4-16-5-8-22-14-18(16)12-15;/h3-4,11-12,19,22H,2,5-10,14H2,1H3;1H/b17-11-;. The number of rotatable bonds is 4. The normalized spacial score (nSPS) is 17.6. The van der Waals surface area contributed by atoms with E-state index in [9.17, 15) is 10.1 Å². The molecule has 6 heteroatoms. The summed E-state index contributed by atoms with van der Waals surface area (Å²) in [5.74, 6) is -0.173. The molecule has 2 heterocycles. The van der Waals surface area contributed by atoms with Gasteiger partial charge in [0.2, 0.25) is 0 Å². The smallest absolute Gasteiger partial charge is 0.264 e. The SMILES string of the molecule is CCN(C(=O)/C(C#N)=C\c1ccc2c(c1)CNCC2)C1CCOCC1.Cl. The molecule has 0 spiro atoms. The molecule has 2 aliphatic heterocycles. The summed E-state index contributed by atoms with van der Waals surface area (Å²) in [6, 6.07) is 8.46. The Morgan fingerprint density at radius 2 is 2.15 bits per heavy atom. The molecular weight excluding hydrogens is 350 g/mol. The molecule has 1 aromatic carbocycles. The number of amides is 1. The molecule has 140 valence electrons. The van der Waals surface area contributed by atoms with Crippen molar-refractivity contribution >= 4 is 24.4 Å². The molecule has 26 heavy (non-hydrogen) atoms. The van der Waals surface area contributed by atoms with Crippen molar-refractivity contribution in [2.75, 3.05) is 26.3 Å². The van der Waals surface area contributed by atoms with Crippen LogP contribution in [0.2, 0.25) is 0 Å². The fraction of sp³-hybridized carbons (Fsp3) is 0.500. The van der Waals surface area contributed by atoms with Crippen molar-refractivity contribution in [2.24, 2.45) is 0 Å². The van der Waals surface area contributed by atoms with Crippen molar-refractivity contribution < 1.29 is 9.53 Å². The molecule has 1 fully saturated rings. The second-order valence-corrected chi connectivity index (χ2v) is 6.56. The van der Waals surface area contributed by atoms with Gasteiger partial charge in [-0.05, 0) is 55.5 Å². The first kappa shape index (κ1) is 20.4. The first-order valence-electron chi connectivity index (χ1n) is 9.06. The highest BCUT2D eigenvalue weighted by molar-refractivity contribution is 6.01. The molecule has 0 bridgehead atoms. The molecule has 1 N–H and O–H groups in total. The third-order valence-corrected chi connectivity index (χ3v) is 5.01. The van der Waals surface area contributed by atoms with Crippen LogP contribution in [-0.2, 0) is 22.5 Å². The molecule has 1 aromatic rings. The number of nitrogens with one attached hydrogen (secondary N) is 1. The largest absolute Gasteiger partial charge is 0.381 e. The number of nitriles is 1. The van der Waals surface area contributed by atoms with Gasteiger partial charge in [0.25, 0.3) is 5.91 Å². The summed E-state index contributed by atoms with van der Waals surface area (Å²) in [5, 5.41) is 12.9. The molecule has 0 saturated carbocycles. The van der Waals surface area contributed by atoms with E-state index in [1.807, 2.05) is 17.9 Å². The second-order valence-electron chi connectivity index (χ2n) is 6.56. The monoisotopic (exact) mass is 375 g/mol. The van der Waals surface area contributed by atoms with Gasteiger partial charge < -0.3 is 15.0 Å². The second kappa shape index (κ2) is 9.72. The summed E-state index contributed by atoms with van der Waals surface area (Å²) in [5.41, 5.74) is 3.71. The van der Waals surface area contributed by atoms with E-state index in [0.717, 1.165) is 37.9 Å². The highest BCUT2D eigenvalue weighted by atomic mass is 35.5. The Hall–Kier alpha value is -1.87. The van der Waals surface area contributed by atoms with Crippen LogP contribution in [-0.4, -0.2) is 43.2 Å². The minimum absolute atomic E-state index is 0. The van der Waals surface area contributed by atoms with E-state index in [2.05, 4.69) is 23.5 Å². The van der Waals surface area contributed by atoms with Crippen LogP contribution >= 0.6 is 12.4 Å². The minimum atomic E-state index is -0.173. The van der Waals surface area contributed by atoms with Crippen molar-refractivity contribution in [3.05, 3.63) is 40.5 Å². The number of hydrogen-bond donors (Lipinski definition) is 1. The van der Waals surface area contributed by atoms with E-state index in [0.29, 0.717) is 19.8 Å². The lowest BCUT2D eigenvalue weighted by Crippen LogP contribution is -2.43. The Balaban J connectivity index is 0.00000243. The maximum absolute atomic E-state index is 12.9. The van der Waals surface area contributed by atoms with Gasteiger partial charge in [-0.25, -0.2) is 0 Å². The first-order valence-corrected chi connectivity index (χ1v) is 9.06. The van der Waals surface area contributed by atoms with Crippen LogP contribution in [0.1, 0.15) is 36.5 Å². The van der Waals surface area contributed by atoms with E-state index < -0.39 is 0 Å². The molecule has 0 aromatic heterocycles. The van der Waals surface area contributed by atoms with E-state index in [4.69, 9.17) is 4.74 Å². The molecule has 1 amide bonds. The minimum Gasteiger partial charge on any atom is -0.381 e. The lowest BCUT2D eigenvalue weighted by atomic mass is 9.97. The van der Waals surface area contributed by atoms with E-state index in [1.165, 1.54) is 11.1 Å². The predicted molar refractivity (Wildman–Crippen MR) is 104 cm³/mol. The third kappa shape index (κ3) is 4.64. The van der Waals surface area contributed by atoms with Gasteiger partial charge in [0.15, 0.2) is 0 Å². The summed E-state index contributed by atoms with van der Waals surface area (Å²) in [4.78, 5) is 14.7. The molecule has 0 unspecified atom stereocenters. The Labute approximate surface area is 161 Å². The molecule has 2 aliphatic rings. The van der Waals surface area contributed by atoms with Gasteiger partial charge in [0.1, 0.15) is 11.6 Å². The number of hydrogen-bond acceptors (Lipinski definition) is 4. The van der Waals surface area contributed by atoms with Gasteiger partial charge in [0, 0.05) is 32.3 Å². The molecule has 1 saturated heterocycles. The third-order valence-electron chi connectivity index (χ3n) is 5.01. The Morgan fingerprint density at radius 3 is 2.85 bits per heavy atom. The lowest BCUT2D eigenvalue weighted by Gasteiger charge is -2.33. The van der Waals surface area contributed by atoms with Gasteiger partial charge in [-0.15, -0.1) is 12.4 Å². The molecule has 3 rings (SSSR count). The number of ether oxygens (including phenoxy) is 1. The number of likely N-dealkylation sites (N-methyl/N-ethyl adjacent to an activating group) is 1. The number of carbonyl (C=O) groups excluding carboxylic acids is 1. The van der Waals surface area contributed by atoms with Crippen LogP contribution in [0, 0.1) is 11.3 Å². The van der Waals surface area contributed by atoms with Gasteiger partial charge in [-0.1, -0.05) is 18.2 Å². The summed E-state index contributed by atoms with van der Waals surface area (Å²) >= 11 is 0. The fourth-order valence-corrected chi connectivity index (χ4v) is 3.62. The predicted octanol–water partition coefficient (Wildman–Crippen LogP) is 2.69. The number of benzene rings is 1. The maximum Gasteiger partial charge on any atom is 0.264 e. The zero-order valence-corrected chi connectivity index (χ0v) is 16.0. The van der Waals surface area contributed by atoms with Crippen LogP contribution in [0.3, 0.4) is 0 Å². The molecule has 0 aliphatic carbocycles. The Bertz CT molecular complexity index is 705. The summed E-state index contributed by atoms with van der Waals surface area (Å²) < 4.78 is 5.39. The van der Waals surface area contributed by atoms with Crippen LogP contribution in [0.15, 0.2) is 23.8 Å². The zero-order valence-electron chi connectivity index (χ0n) is 15.2. The lowest BCUT2D eigenvalue weighted by molar-refractivity contribution is -0.130. The van der Waals surface area contributed by atoms with Gasteiger partial charge in [0.05, 0.1) is 0 Å². The van der Waals surface area contributed by atoms with Gasteiger partial charge in [-0.3, -0.25) is 4.79 Å². The fourth-order valence-electron chi connectivity index (χ4n) is 3.62. The molecule has 0 atom stereocenters. The van der Waals surface area contributed by atoms with Crippen LogP contribution in [0.5, 0.6) is 0 Å². The molecule has 5 nitrogen and oxygen atoms in total. The average Bonchev–Trinajstić information content (AvgIpc) is 2.67. The van der Waals surface area contributed by atoms with Crippen molar-refractivity contribution in [3.63, 3.8) is 0 Å². The number of carbonyl (C=O) groups is 1. The van der Waals surface area contributed by atoms with E-state index in [1.54, 1.807) is 6.08 Å². The van der Waals surface area contributed by atoms with Crippen LogP contribution in [0.25, 0.3) is 6.08 Å². The van der Waals surface area contributed by atoms with Crippen molar-refractivity contribution in [2.45, 2.75) is 38.8 Å². The first-order chi connectivity index (χ1) is 12.2. The zero-order chi connectivity index (χ0) is 17.6. The van der Waals surface area contributed by atoms with Crippen LogP contribution in [0.4, 0.5) is 0 Å². The number of halogens is 1. The Kier molecular flexibility index (Phi) is 7.65. The number of fused-ring (bicyclic) bond motifs is 1. The topological polar surface area (TPSA) is 65.4 Å². The van der Waals surface area contributed by atoms with Crippen LogP contribution < -0.4 is 5.32 Å².